The molecule has 0 aromatic heterocycles. The average molecular weight is 325 g/mol. The minimum absolute atomic E-state index is 0.0618. The van der Waals surface area contributed by atoms with Crippen LogP contribution in [0.25, 0.3) is 0 Å². The number of carbonyl (C=O) groups is 2. The van der Waals surface area contributed by atoms with Crippen molar-refractivity contribution in [3.63, 3.8) is 0 Å². The molecule has 0 aromatic carbocycles. The van der Waals surface area contributed by atoms with Gasteiger partial charge in [0.2, 0.25) is 0 Å². The van der Waals surface area contributed by atoms with E-state index in [1.807, 2.05) is 0 Å². The molecule has 2 heterocycles. The van der Waals surface area contributed by atoms with E-state index in [1.54, 1.807) is 16.8 Å². The van der Waals surface area contributed by atoms with Crippen LogP contribution in [-0.4, -0.2) is 66.7 Å². The third-order valence-electron chi connectivity index (χ3n) is 5.22. The summed E-state index contributed by atoms with van der Waals surface area (Å²) in [6.07, 6.45) is 7.93. The van der Waals surface area contributed by atoms with Gasteiger partial charge < -0.3 is 14.5 Å². The first kappa shape index (κ1) is 16.5. The highest BCUT2D eigenvalue weighted by atomic mass is 16.7. The van der Waals surface area contributed by atoms with Crippen LogP contribution in [-0.2, 0) is 14.4 Å². The second-order valence-electron chi connectivity index (χ2n) is 6.74. The molecule has 3 rings (SSSR count). The lowest BCUT2D eigenvalue weighted by Crippen LogP contribution is -2.49. The second kappa shape index (κ2) is 7.49. The molecule has 0 spiro atoms. The maximum atomic E-state index is 12.2. The topological polar surface area (TPSA) is 71.1 Å². The zero-order valence-corrected chi connectivity index (χ0v) is 13.8. The molecule has 3 aliphatic rings. The molecule has 2 atom stereocenters. The van der Waals surface area contributed by atoms with Crippen molar-refractivity contribution in [2.75, 3.05) is 26.8 Å². The predicted octanol–water partition coefficient (Wildman–Crippen LogP) is 1.28. The molecule has 0 radical (unpaired) electrons. The predicted molar refractivity (Wildman–Crippen MR) is 83.6 cm³/mol. The fraction of sp³-hybridized carbons (Fsp3) is 0.875. The lowest BCUT2D eigenvalue weighted by Gasteiger charge is -2.29. The lowest BCUT2D eigenvalue weighted by molar-refractivity contribution is -0.140. The molecular weight excluding hydrogens is 298 g/mol. The number of likely N-dealkylation sites (N-methyl/N-ethyl adjacent to an activating group) is 1. The number of nitrogens with one attached hydrogen (secondary N) is 1. The normalized spacial score (nSPS) is 28.3. The van der Waals surface area contributed by atoms with Gasteiger partial charge in [0.05, 0.1) is 25.4 Å². The Bertz CT molecular complexity index is 439. The Morgan fingerprint density at radius 3 is 2.74 bits per heavy atom. The summed E-state index contributed by atoms with van der Waals surface area (Å²) in [7, 11) is 1.80. The number of hydrogen-bond donors (Lipinski definition) is 1. The van der Waals surface area contributed by atoms with Crippen LogP contribution < -0.4 is 5.48 Å². The number of amides is 3. The number of nitrogens with zero attached hydrogens (tertiary/aromatic N) is 2. The Hall–Kier alpha value is -1.34. The molecule has 3 amide bonds. The molecule has 2 saturated heterocycles. The monoisotopic (exact) mass is 325 g/mol. The fourth-order valence-corrected chi connectivity index (χ4v) is 3.79. The number of piperidine rings is 1. The maximum Gasteiger partial charge on any atom is 0.320 e. The van der Waals surface area contributed by atoms with Crippen molar-refractivity contribution in [2.24, 2.45) is 0 Å². The molecule has 7 heteroatoms. The molecule has 0 aromatic rings. The number of hydroxylamine groups is 1. The highest BCUT2D eigenvalue weighted by Crippen LogP contribution is 2.28. The third-order valence-corrected chi connectivity index (χ3v) is 5.22. The third kappa shape index (κ3) is 3.77. The summed E-state index contributed by atoms with van der Waals surface area (Å²) >= 11 is 0. The summed E-state index contributed by atoms with van der Waals surface area (Å²) in [5.74, 6) is -0.232. The van der Waals surface area contributed by atoms with Gasteiger partial charge in [-0.05, 0) is 25.7 Å². The number of fused-ring (bicyclic) bond motifs is 2. The first-order valence-corrected chi connectivity index (χ1v) is 8.73. The van der Waals surface area contributed by atoms with Gasteiger partial charge in [-0.3, -0.25) is 9.63 Å². The van der Waals surface area contributed by atoms with Crippen LogP contribution in [0.1, 0.15) is 44.9 Å². The Labute approximate surface area is 137 Å². The van der Waals surface area contributed by atoms with E-state index in [0.717, 1.165) is 19.3 Å². The van der Waals surface area contributed by atoms with Gasteiger partial charge in [-0.1, -0.05) is 19.3 Å². The van der Waals surface area contributed by atoms with E-state index in [0.29, 0.717) is 32.3 Å². The van der Waals surface area contributed by atoms with E-state index < -0.39 is 6.04 Å². The Morgan fingerprint density at radius 1 is 1.17 bits per heavy atom. The van der Waals surface area contributed by atoms with Gasteiger partial charge in [-0.15, -0.1) is 0 Å². The molecule has 2 aliphatic heterocycles. The highest BCUT2D eigenvalue weighted by molar-refractivity contribution is 5.88. The molecule has 1 N–H and O–H groups in total. The standard InChI is InChI=1S/C16H27N3O4/c1-18-12-7-8-14(19(11-12)16(18)21)15(20)17-23-10-9-22-13-5-3-2-4-6-13/h12-14H,2-11H2,1H3,(H,17,20)/t12-,14+/m1/s1. The van der Waals surface area contributed by atoms with Crippen LogP contribution >= 0.6 is 0 Å². The Kier molecular flexibility index (Phi) is 5.38. The summed E-state index contributed by atoms with van der Waals surface area (Å²) in [4.78, 5) is 32.9. The first-order valence-electron chi connectivity index (χ1n) is 8.73. The van der Waals surface area contributed by atoms with Crippen molar-refractivity contribution in [3.8, 4) is 0 Å². The SMILES string of the molecule is CN1C(=O)N2C[C@H]1CC[C@H]2C(=O)NOCCOC1CCCCC1. The van der Waals surface area contributed by atoms with Gasteiger partial charge in [0.25, 0.3) is 5.91 Å². The van der Waals surface area contributed by atoms with Crippen LogP contribution in [0.2, 0.25) is 0 Å². The smallest absolute Gasteiger partial charge is 0.320 e. The van der Waals surface area contributed by atoms with Crippen LogP contribution in [0.15, 0.2) is 0 Å². The molecule has 1 saturated carbocycles. The molecule has 3 fully saturated rings. The minimum Gasteiger partial charge on any atom is -0.376 e. The zero-order chi connectivity index (χ0) is 16.2. The van der Waals surface area contributed by atoms with Crippen LogP contribution in [0, 0.1) is 0 Å². The van der Waals surface area contributed by atoms with Crippen molar-refractivity contribution < 1.29 is 19.2 Å². The van der Waals surface area contributed by atoms with Gasteiger partial charge in [0, 0.05) is 13.6 Å². The van der Waals surface area contributed by atoms with E-state index in [2.05, 4.69) is 5.48 Å². The number of urea groups is 1. The van der Waals surface area contributed by atoms with E-state index in [1.165, 1.54) is 19.3 Å². The second-order valence-corrected chi connectivity index (χ2v) is 6.74. The van der Waals surface area contributed by atoms with E-state index in [4.69, 9.17) is 9.57 Å². The Balaban J connectivity index is 1.34. The average Bonchev–Trinajstić information content (AvgIpc) is 2.80. The summed E-state index contributed by atoms with van der Waals surface area (Å²) in [6.45, 7) is 1.46. The lowest BCUT2D eigenvalue weighted by atomic mass is 9.98. The number of hydrogen-bond acceptors (Lipinski definition) is 4. The van der Waals surface area contributed by atoms with Crippen molar-refractivity contribution >= 4 is 11.9 Å². The molecule has 0 unspecified atom stereocenters. The maximum absolute atomic E-state index is 12.2. The van der Waals surface area contributed by atoms with Crippen LogP contribution in [0.3, 0.4) is 0 Å². The minimum atomic E-state index is -0.414. The molecule has 2 bridgehead atoms. The number of ether oxygens (including phenoxy) is 1. The molecule has 1 aliphatic carbocycles. The van der Waals surface area contributed by atoms with Gasteiger partial charge in [0.15, 0.2) is 0 Å². The van der Waals surface area contributed by atoms with Gasteiger partial charge in [-0.2, -0.15) is 0 Å². The summed E-state index contributed by atoms with van der Waals surface area (Å²) in [5, 5.41) is 0. The summed E-state index contributed by atoms with van der Waals surface area (Å²) in [6, 6.07) is -0.229. The van der Waals surface area contributed by atoms with Crippen LogP contribution in [0.5, 0.6) is 0 Å². The fourth-order valence-electron chi connectivity index (χ4n) is 3.79. The van der Waals surface area contributed by atoms with E-state index >= 15 is 0 Å². The molecule has 7 nitrogen and oxygen atoms in total. The Morgan fingerprint density at radius 2 is 1.96 bits per heavy atom. The molecule has 130 valence electrons. The summed E-state index contributed by atoms with van der Waals surface area (Å²) < 4.78 is 5.74. The van der Waals surface area contributed by atoms with Crippen molar-refractivity contribution in [1.82, 2.24) is 15.3 Å². The first-order chi connectivity index (χ1) is 11.2. The van der Waals surface area contributed by atoms with E-state index in [-0.39, 0.29) is 18.0 Å². The molecular formula is C16H27N3O4. The highest BCUT2D eigenvalue weighted by Gasteiger charge is 2.45. The zero-order valence-electron chi connectivity index (χ0n) is 13.8. The number of carbonyl (C=O) groups excluding carboxylic acids is 2. The van der Waals surface area contributed by atoms with E-state index in [9.17, 15) is 9.59 Å². The number of rotatable bonds is 6. The van der Waals surface area contributed by atoms with Crippen molar-refractivity contribution in [1.29, 1.82) is 0 Å². The van der Waals surface area contributed by atoms with Gasteiger partial charge in [0.1, 0.15) is 6.04 Å². The van der Waals surface area contributed by atoms with Crippen molar-refractivity contribution in [2.45, 2.75) is 63.1 Å². The summed E-state index contributed by atoms with van der Waals surface area (Å²) in [5.41, 5.74) is 2.48. The van der Waals surface area contributed by atoms with Crippen LogP contribution in [0.4, 0.5) is 4.79 Å². The van der Waals surface area contributed by atoms with Gasteiger partial charge in [-0.25, -0.2) is 10.3 Å². The van der Waals surface area contributed by atoms with Crippen molar-refractivity contribution in [3.05, 3.63) is 0 Å². The quantitative estimate of drug-likeness (QED) is 0.590. The largest absolute Gasteiger partial charge is 0.376 e. The van der Waals surface area contributed by atoms with Gasteiger partial charge >= 0.3 is 6.03 Å². The molecule has 23 heavy (non-hydrogen) atoms.